The lowest BCUT2D eigenvalue weighted by molar-refractivity contribution is 0.0744. The van der Waals surface area contributed by atoms with Crippen LogP contribution in [-0.2, 0) is 0 Å². The first kappa shape index (κ1) is 25.7. The van der Waals surface area contributed by atoms with Gasteiger partial charge in [0.2, 0.25) is 0 Å². The largest absolute Gasteiger partial charge is 0.497 e. The Balaban J connectivity index is 0.00000420. The molecule has 1 aliphatic heterocycles. The number of halogens is 3. The molecule has 1 aliphatic rings. The van der Waals surface area contributed by atoms with E-state index in [1.807, 2.05) is 36.1 Å². The third-order valence-corrected chi connectivity index (χ3v) is 4.55. The molecule has 166 valence electrons. The van der Waals surface area contributed by atoms with E-state index in [-0.39, 0.29) is 36.6 Å². The molecule has 0 saturated carbocycles. The van der Waals surface area contributed by atoms with Crippen LogP contribution in [0, 0.1) is 0 Å². The molecular formula is C20H33F2IN4O2. The number of hydrogen-bond acceptors (Lipinski definition) is 4. The first-order valence-corrected chi connectivity index (χ1v) is 9.93. The van der Waals surface area contributed by atoms with Crippen LogP contribution in [0.5, 0.6) is 11.5 Å². The highest BCUT2D eigenvalue weighted by molar-refractivity contribution is 14.0. The molecule has 9 heteroatoms. The summed E-state index contributed by atoms with van der Waals surface area (Å²) in [7, 11) is 1.63. The molecule has 1 aromatic carbocycles. The summed E-state index contributed by atoms with van der Waals surface area (Å²) in [6.07, 6.45) is 0.217. The maximum absolute atomic E-state index is 12.5. The summed E-state index contributed by atoms with van der Waals surface area (Å²) in [5.74, 6) is 2.33. The minimum atomic E-state index is -2.26. The number of nitrogens with one attached hydrogen (secondary N) is 2. The van der Waals surface area contributed by atoms with Crippen LogP contribution in [0.3, 0.4) is 0 Å². The topological polar surface area (TPSA) is 58.1 Å². The lowest BCUT2D eigenvalue weighted by Gasteiger charge is -2.32. The second kappa shape index (κ2) is 14.6. The number of methoxy groups -OCH3 is 1. The molecule has 0 radical (unpaired) electrons. The fourth-order valence-electron chi connectivity index (χ4n) is 3.10. The van der Waals surface area contributed by atoms with E-state index in [2.05, 4.69) is 15.6 Å². The second-order valence-corrected chi connectivity index (χ2v) is 6.75. The third kappa shape index (κ3) is 10.3. The Labute approximate surface area is 189 Å². The van der Waals surface area contributed by atoms with Crippen LogP contribution in [-0.4, -0.2) is 69.8 Å². The average Bonchev–Trinajstić information content (AvgIpc) is 2.69. The van der Waals surface area contributed by atoms with Crippen molar-refractivity contribution in [3.63, 3.8) is 0 Å². The van der Waals surface area contributed by atoms with Gasteiger partial charge in [-0.15, -0.1) is 24.0 Å². The maximum atomic E-state index is 12.5. The predicted molar refractivity (Wildman–Crippen MR) is 123 cm³/mol. The quantitative estimate of drug-likeness (QED) is 0.212. The molecule has 29 heavy (non-hydrogen) atoms. The monoisotopic (exact) mass is 526 g/mol. The molecule has 0 amide bonds. The van der Waals surface area contributed by atoms with Gasteiger partial charge in [-0.1, -0.05) is 6.07 Å². The lowest BCUT2D eigenvalue weighted by Crippen LogP contribution is -2.49. The molecule has 1 heterocycles. The van der Waals surface area contributed by atoms with Crippen molar-refractivity contribution < 1.29 is 18.3 Å². The number of guanidine groups is 1. The van der Waals surface area contributed by atoms with Crippen molar-refractivity contribution in [2.45, 2.75) is 38.7 Å². The molecule has 2 rings (SSSR count). The van der Waals surface area contributed by atoms with E-state index in [1.54, 1.807) is 7.11 Å². The van der Waals surface area contributed by atoms with Crippen molar-refractivity contribution in [1.29, 1.82) is 0 Å². The number of rotatable bonds is 10. The van der Waals surface area contributed by atoms with Crippen LogP contribution in [0.1, 0.15) is 26.2 Å². The van der Waals surface area contributed by atoms with E-state index in [0.717, 1.165) is 43.3 Å². The third-order valence-electron chi connectivity index (χ3n) is 4.55. The lowest BCUT2D eigenvalue weighted by atomic mass is 10.1. The number of likely N-dealkylation sites (tertiary alicyclic amines) is 1. The van der Waals surface area contributed by atoms with Crippen LogP contribution in [0.25, 0.3) is 0 Å². The zero-order valence-electron chi connectivity index (χ0n) is 17.2. The fourth-order valence-corrected chi connectivity index (χ4v) is 3.10. The molecule has 1 saturated heterocycles. The van der Waals surface area contributed by atoms with Gasteiger partial charge in [0.05, 0.1) is 20.3 Å². The highest BCUT2D eigenvalue weighted by Crippen LogP contribution is 2.18. The average molecular weight is 526 g/mol. The predicted octanol–water partition coefficient (Wildman–Crippen LogP) is 3.37. The summed E-state index contributed by atoms with van der Waals surface area (Å²) < 4.78 is 35.9. The van der Waals surface area contributed by atoms with Crippen LogP contribution in [0.4, 0.5) is 8.78 Å². The maximum Gasteiger partial charge on any atom is 0.251 e. The van der Waals surface area contributed by atoms with Crippen molar-refractivity contribution in [3.05, 3.63) is 24.3 Å². The van der Waals surface area contributed by atoms with E-state index in [4.69, 9.17) is 9.47 Å². The number of alkyl halides is 2. The zero-order chi connectivity index (χ0) is 20.2. The minimum absolute atomic E-state index is 0. The Morgan fingerprint density at radius 2 is 2.00 bits per heavy atom. The molecule has 1 aromatic rings. The summed E-state index contributed by atoms with van der Waals surface area (Å²) >= 11 is 0. The summed E-state index contributed by atoms with van der Waals surface area (Å²) in [6, 6.07) is 7.79. The van der Waals surface area contributed by atoms with Crippen molar-refractivity contribution in [1.82, 2.24) is 15.5 Å². The SMILES string of the molecule is CCNC(=NCCCOc1cccc(OC)c1)NC1CCN(CC(F)F)CC1.I. The molecule has 0 atom stereocenters. The Bertz CT molecular complexity index is 600. The molecule has 1 fully saturated rings. The normalized spacial score (nSPS) is 15.7. The fraction of sp³-hybridized carbons (Fsp3) is 0.650. The van der Waals surface area contributed by atoms with E-state index in [0.29, 0.717) is 26.2 Å². The number of ether oxygens (including phenoxy) is 2. The Morgan fingerprint density at radius 1 is 1.28 bits per heavy atom. The zero-order valence-corrected chi connectivity index (χ0v) is 19.5. The van der Waals surface area contributed by atoms with E-state index >= 15 is 0 Å². The number of aliphatic imine (C=N–C) groups is 1. The van der Waals surface area contributed by atoms with Crippen LogP contribution in [0.2, 0.25) is 0 Å². The molecular weight excluding hydrogens is 493 g/mol. The van der Waals surface area contributed by atoms with Crippen LogP contribution >= 0.6 is 24.0 Å². The second-order valence-electron chi connectivity index (χ2n) is 6.75. The highest BCUT2D eigenvalue weighted by Gasteiger charge is 2.21. The Morgan fingerprint density at radius 3 is 2.66 bits per heavy atom. The standard InChI is InChI=1S/C20H32F2N4O2.HI/c1-3-23-20(25-16-8-11-26(12-9-16)15-19(21)22)24-10-5-13-28-18-7-4-6-17(14-18)27-2;/h4,6-7,14,16,19H,3,5,8-13,15H2,1-2H3,(H2,23,24,25);1H. The van der Waals surface area contributed by atoms with E-state index in [9.17, 15) is 8.78 Å². The van der Waals surface area contributed by atoms with Crippen LogP contribution in [0.15, 0.2) is 29.3 Å². The number of piperidine rings is 1. The van der Waals surface area contributed by atoms with E-state index in [1.165, 1.54) is 0 Å². The van der Waals surface area contributed by atoms with Crippen molar-refractivity contribution in [3.8, 4) is 11.5 Å². The number of benzene rings is 1. The van der Waals surface area contributed by atoms with Gasteiger partial charge in [-0.3, -0.25) is 9.89 Å². The molecule has 0 spiro atoms. The summed E-state index contributed by atoms with van der Waals surface area (Å²) in [5.41, 5.74) is 0. The smallest absolute Gasteiger partial charge is 0.251 e. The first-order valence-electron chi connectivity index (χ1n) is 9.93. The van der Waals surface area contributed by atoms with Gasteiger partial charge >= 0.3 is 0 Å². The van der Waals surface area contributed by atoms with Gasteiger partial charge in [0.15, 0.2) is 5.96 Å². The molecule has 0 bridgehead atoms. The molecule has 0 aliphatic carbocycles. The molecule has 0 aromatic heterocycles. The minimum Gasteiger partial charge on any atom is -0.497 e. The van der Waals surface area contributed by atoms with Crippen molar-refractivity contribution in [2.24, 2.45) is 4.99 Å². The Kier molecular flexibility index (Phi) is 12.9. The summed E-state index contributed by atoms with van der Waals surface area (Å²) in [6.45, 7) is 5.26. The molecule has 0 unspecified atom stereocenters. The molecule has 6 nitrogen and oxygen atoms in total. The van der Waals surface area contributed by atoms with Crippen molar-refractivity contribution in [2.75, 3.05) is 46.4 Å². The summed E-state index contributed by atoms with van der Waals surface area (Å²) in [4.78, 5) is 6.42. The van der Waals surface area contributed by atoms with Gasteiger partial charge < -0.3 is 20.1 Å². The van der Waals surface area contributed by atoms with Gasteiger partial charge in [0, 0.05) is 44.7 Å². The van der Waals surface area contributed by atoms with Crippen molar-refractivity contribution >= 4 is 29.9 Å². The summed E-state index contributed by atoms with van der Waals surface area (Å²) in [5, 5.41) is 6.67. The van der Waals surface area contributed by atoms with Gasteiger partial charge in [-0.25, -0.2) is 8.78 Å². The van der Waals surface area contributed by atoms with Gasteiger partial charge in [0.25, 0.3) is 6.43 Å². The first-order chi connectivity index (χ1) is 13.6. The van der Waals surface area contributed by atoms with E-state index < -0.39 is 6.43 Å². The highest BCUT2D eigenvalue weighted by atomic mass is 127. The van der Waals surface area contributed by atoms with Gasteiger partial charge in [0.1, 0.15) is 11.5 Å². The van der Waals surface area contributed by atoms with Gasteiger partial charge in [-0.2, -0.15) is 0 Å². The van der Waals surface area contributed by atoms with Gasteiger partial charge in [-0.05, 0) is 31.9 Å². The van der Waals surface area contributed by atoms with Crippen LogP contribution < -0.4 is 20.1 Å². The Hall–Kier alpha value is -1.36. The number of hydrogen-bond donors (Lipinski definition) is 2. The molecule has 2 N–H and O–H groups in total. The number of nitrogens with zero attached hydrogens (tertiary/aromatic N) is 2.